The first-order valence-corrected chi connectivity index (χ1v) is 6.32. The summed E-state index contributed by atoms with van der Waals surface area (Å²) in [5.74, 6) is 0.396. The van der Waals surface area contributed by atoms with Gasteiger partial charge in [0.15, 0.2) is 0 Å². The van der Waals surface area contributed by atoms with Crippen LogP contribution in [0.4, 0.5) is 0 Å². The molecule has 1 saturated carbocycles. The predicted octanol–water partition coefficient (Wildman–Crippen LogP) is 2.59. The summed E-state index contributed by atoms with van der Waals surface area (Å²) in [5.41, 5.74) is 6.41. The third kappa shape index (κ3) is 3.51. The van der Waals surface area contributed by atoms with Gasteiger partial charge in [-0.3, -0.25) is 4.79 Å². The monoisotopic (exact) mass is 308 g/mol. The van der Waals surface area contributed by atoms with Crippen LogP contribution >= 0.6 is 35.6 Å². The average Bonchev–Trinajstić information content (AvgIpc) is 3.09. The Labute approximate surface area is 122 Å². The standard InChI is InChI=1S/C12H14Cl2N2O.ClH/c13-10-2-1-7(5-11(10)14)8-6-9(8)12(17)16-4-3-15;/h1-2,5,8-9H,3-4,6,15H2,(H,16,17);1H. The van der Waals surface area contributed by atoms with Crippen molar-refractivity contribution in [2.75, 3.05) is 13.1 Å². The molecule has 100 valence electrons. The van der Waals surface area contributed by atoms with Crippen molar-refractivity contribution >= 4 is 41.5 Å². The molecule has 1 aliphatic carbocycles. The van der Waals surface area contributed by atoms with Gasteiger partial charge >= 0.3 is 0 Å². The normalized spacial score (nSPS) is 21.1. The molecular weight excluding hydrogens is 295 g/mol. The molecule has 1 aliphatic rings. The van der Waals surface area contributed by atoms with Crippen LogP contribution in [0.2, 0.25) is 10.0 Å². The Bertz CT molecular complexity index is 439. The van der Waals surface area contributed by atoms with E-state index in [0.29, 0.717) is 23.1 Å². The number of benzene rings is 1. The van der Waals surface area contributed by atoms with E-state index in [4.69, 9.17) is 28.9 Å². The van der Waals surface area contributed by atoms with Crippen LogP contribution in [0, 0.1) is 5.92 Å². The zero-order chi connectivity index (χ0) is 12.4. The summed E-state index contributed by atoms with van der Waals surface area (Å²) in [7, 11) is 0. The maximum atomic E-state index is 11.7. The summed E-state index contributed by atoms with van der Waals surface area (Å²) in [4.78, 5) is 11.7. The lowest BCUT2D eigenvalue weighted by Crippen LogP contribution is -2.30. The molecule has 1 amide bonds. The second-order valence-corrected chi connectivity index (χ2v) is 5.02. The van der Waals surface area contributed by atoms with Crippen LogP contribution in [0.5, 0.6) is 0 Å². The third-order valence-corrected chi connectivity index (χ3v) is 3.68. The van der Waals surface area contributed by atoms with Gasteiger partial charge in [-0.15, -0.1) is 12.4 Å². The second kappa shape index (κ2) is 6.62. The van der Waals surface area contributed by atoms with E-state index in [2.05, 4.69) is 5.32 Å². The Morgan fingerprint density at radius 2 is 2.11 bits per heavy atom. The van der Waals surface area contributed by atoms with E-state index in [0.717, 1.165) is 12.0 Å². The highest BCUT2D eigenvalue weighted by atomic mass is 35.5. The number of carbonyl (C=O) groups is 1. The molecule has 18 heavy (non-hydrogen) atoms. The van der Waals surface area contributed by atoms with Gasteiger partial charge in [0.05, 0.1) is 10.0 Å². The highest BCUT2D eigenvalue weighted by molar-refractivity contribution is 6.42. The minimum Gasteiger partial charge on any atom is -0.355 e. The largest absolute Gasteiger partial charge is 0.355 e. The summed E-state index contributed by atoms with van der Waals surface area (Å²) in [6.45, 7) is 0.999. The first kappa shape index (κ1) is 15.6. The summed E-state index contributed by atoms with van der Waals surface area (Å²) in [6.07, 6.45) is 0.869. The summed E-state index contributed by atoms with van der Waals surface area (Å²) < 4.78 is 0. The lowest BCUT2D eigenvalue weighted by molar-refractivity contribution is -0.122. The van der Waals surface area contributed by atoms with Gasteiger partial charge in [0.25, 0.3) is 0 Å². The molecule has 3 N–H and O–H groups in total. The third-order valence-electron chi connectivity index (χ3n) is 2.94. The quantitative estimate of drug-likeness (QED) is 0.898. The molecule has 1 aromatic carbocycles. The lowest BCUT2D eigenvalue weighted by atomic mass is 10.1. The van der Waals surface area contributed by atoms with Gasteiger partial charge in [0.2, 0.25) is 5.91 Å². The van der Waals surface area contributed by atoms with Crippen molar-refractivity contribution in [2.24, 2.45) is 11.7 Å². The van der Waals surface area contributed by atoms with E-state index in [-0.39, 0.29) is 30.2 Å². The molecule has 0 radical (unpaired) electrons. The number of halogens is 3. The van der Waals surface area contributed by atoms with E-state index >= 15 is 0 Å². The Hall–Kier alpha value is -0.480. The van der Waals surface area contributed by atoms with Crippen LogP contribution in [0.25, 0.3) is 0 Å². The zero-order valence-corrected chi connectivity index (χ0v) is 12.0. The van der Waals surface area contributed by atoms with Crippen LogP contribution in [-0.4, -0.2) is 19.0 Å². The molecule has 0 aromatic heterocycles. The van der Waals surface area contributed by atoms with E-state index < -0.39 is 0 Å². The van der Waals surface area contributed by atoms with Crippen molar-refractivity contribution < 1.29 is 4.79 Å². The molecule has 0 spiro atoms. The smallest absolute Gasteiger partial charge is 0.223 e. The molecule has 1 aromatic rings. The molecule has 2 unspecified atom stereocenters. The molecule has 0 saturated heterocycles. The van der Waals surface area contributed by atoms with Gasteiger partial charge in [0, 0.05) is 19.0 Å². The van der Waals surface area contributed by atoms with Gasteiger partial charge in [-0.2, -0.15) is 0 Å². The highest BCUT2D eigenvalue weighted by Gasteiger charge is 2.43. The minimum atomic E-state index is 0. The summed E-state index contributed by atoms with van der Waals surface area (Å²) >= 11 is 11.8. The fourth-order valence-electron chi connectivity index (χ4n) is 1.92. The average molecular weight is 310 g/mol. The Morgan fingerprint density at radius 3 is 2.72 bits per heavy atom. The summed E-state index contributed by atoms with van der Waals surface area (Å²) in [6, 6.07) is 5.53. The highest BCUT2D eigenvalue weighted by Crippen LogP contribution is 2.48. The Kier molecular flexibility index (Phi) is 5.73. The Morgan fingerprint density at radius 1 is 1.39 bits per heavy atom. The molecule has 0 bridgehead atoms. The van der Waals surface area contributed by atoms with Crippen molar-refractivity contribution in [2.45, 2.75) is 12.3 Å². The molecule has 1 fully saturated rings. The van der Waals surface area contributed by atoms with Gasteiger partial charge in [0.1, 0.15) is 0 Å². The fourth-order valence-corrected chi connectivity index (χ4v) is 2.23. The number of rotatable bonds is 4. The van der Waals surface area contributed by atoms with Crippen molar-refractivity contribution in [1.29, 1.82) is 0 Å². The fraction of sp³-hybridized carbons (Fsp3) is 0.417. The topological polar surface area (TPSA) is 55.1 Å². The zero-order valence-electron chi connectivity index (χ0n) is 9.66. The molecule has 2 rings (SSSR count). The molecular formula is C12H15Cl3N2O. The van der Waals surface area contributed by atoms with E-state index in [1.165, 1.54) is 0 Å². The van der Waals surface area contributed by atoms with Gasteiger partial charge in [-0.05, 0) is 30.0 Å². The number of nitrogens with one attached hydrogen (secondary N) is 1. The first-order chi connectivity index (χ1) is 8.13. The van der Waals surface area contributed by atoms with Crippen molar-refractivity contribution in [3.8, 4) is 0 Å². The van der Waals surface area contributed by atoms with Crippen molar-refractivity contribution in [1.82, 2.24) is 5.32 Å². The number of hydrogen-bond acceptors (Lipinski definition) is 2. The molecule has 3 nitrogen and oxygen atoms in total. The first-order valence-electron chi connectivity index (χ1n) is 5.56. The van der Waals surface area contributed by atoms with Gasteiger partial charge in [-0.25, -0.2) is 0 Å². The SMILES string of the molecule is Cl.NCCNC(=O)C1CC1c1ccc(Cl)c(Cl)c1. The molecule has 0 heterocycles. The van der Waals surface area contributed by atoms with E-state index in [9.17, 15) is 4.79 Å². The molecule has 2 atom stereocenters. The molecule has 0 aliphatic heterocycles. The number of hydrogen-bond donors (Lipinski definition) is 2. The lowest BCUT2D eigenvalue weighted by Gasteiger charge is -2.04. The van der Waals surface area contributed by atoms with Crippen molar-refractivity contribution in [3.63, 3.8) is 0 Å². The van der Waals surface area contributed by atoms with Crippen LogP contribution in [-0.2, 0) is 4.79 Å². The maximum Gasteiger partial charge on any atom is 0.223 e. The minimum absolute atomic E-state index is 0. The number of amides is 1. The van der Waals surface area contributed by atoms with Crippen molar-refractivity contribution in [3.05, 3.63) is 33.8 Å². The number of carbonyl (C=O) groups excluding carboxylic acids is 1. The predicted molar refractivity (Wildman–Crippen MR) is 76.6 cm³/mol. The molecule has 6 heteroatoms. The maximum absolute atomic E-state index is 11.7. The van der Waals surface area contributed by atoms with Crippen LogP contribution in [0.1, 0.15) is 17.9 Å². The summed E-state index contributed by atoms with van der Waals surface area (Å²) in [5, 5.41) is 3.88. The van der Waals surface area contributed by atoms with Gasteiger partial charge in [-0.1, -0.05) is 29.3 Å². The number of nitrogens with two attached hydrogens (primary N) is 1. The van der Waals surface area contributed by atoms with Crippen LogP contribution in [0.15, 0.2) is 18.2 Å². The van der Waals surface area contributed by atoms with E-state index in [1.54, 1.807) is 6.07 Å². The Balaban J connectivity index is 0.00000162. The van der Waals surface area contributed by atoms with Crippen LogP contribution < -0.4 is 11.1 Å². The second-order valence-electron chi connectivity index (χ2n) is 4.20. The van der Waals surface area contributed by atoms with E-state index in [1.807, 2.05) is 12.1 Å². The van der Waals surface area contributed by atoms with Gasteiger partial charge < -0.3 is 11.1 Å². The van der Waals surface area contributed by atoms with Crippen LogP contribution in [0.3, 0.4) is 0 Å².